The number of hydrogen-bond donors (Lipinski definition) is 1. The van der Waals surface area contributed by atoms with Crippen LogP contribution in [0.1, 0.15) is 21.5 Å². The molecule has 5 nitrogen and oxygen atoms in total. The largest absolute Gasteiger partial charge is 0.439 e. The molecule has 5 heteroatoms. The maximum atomic E-state index is 12.4. The second-order valence-corrected chi connectivity index (χ2v) is 6.90. The van der Waals surface area contributed by atoms with Crippen molar-refractivity contribution in [2.75, 3.05) is 0 Å². The number of aryl methyl sites for hydroxylation is 1. The van der Waals surface area contributed by atoms with Crippen LogP contribution in [0, 0.1) is 6.92 Å². The molecule has 4 rings (SSSR count). The van der Waals surface area contributed by atoms with Crippen LogP contribution in [0.3, 0.4) is 0 Å². The SMILES string of the molecule is Cc1ccc(CNC(=O)c2ccc(-c3cc(Oc4ccccc4)ncn3)cc2)cc1. The van der Waals surface area contributed by atoms with Gasteiger partial charge < -0.3 is 10.1 Å². The van der Waals surface area contributed by atoms with Gasteiger partial charge in [0.15, 0.2) is 0 Å². The van der Waals surface area contributed by atoms with Gasteiger partial charge in [0.2, 0.25) is 5.88 Å². The van der Waals surface area contributed by atoms with Gasteiger partial charge in [0, 0.05) is 23.7 Å². The molecule has 0 atom stereocenters. The van der Waals surface area contributed by atoms with E-state index in [4.69, 9.17) is 4.74 Å². The molecule has 1 heterocycles. The summed E-state index contributed by atoms with van der Waals surface area (Å²) in [6, 6.07) is 26.7. The van der Waals surface area contributed by atoms with Gasteiger partial charge in [-0.3, -0.25) is 4.79 Å². The monoisotopic (exact) mass is 395 g/mol. The zero-order valence-corrected chi connectivity index (χ0v) is 16.6. The minimum absolute atomic E-state index is 0.113. The number of ether oxygens (including phenoxy) is 1. The number of rotatable bonds is 6. The van der Waals surface area contributed by atoms with Gasteiger partial charge in [0.1, 0.15) is 12.1 Å². The van der Waals surface area contributed by atoms with Crippen LogP contribution in [0.15, 0.2) is 91.3 Å². The summed E-state index contributed by atoms with van der Waals surface area (Å²) in [6.07, 6.45) is 1.47. The topological polar surface area (TPSA) is 64.1 Å². The van der Waals surface area contributed by atoms with Crippen molar-refractivity contribution in [1.82, 2.24) is 15.3 Å². The van der Waals surface area contributed by atoms with Crippen molar-refractivity contribution in [3.63, 3.8) is 0 Å². The second kappa shape index (κ2) is 9.01. The van der Waals surface area contributed by atoms with Crippen molar-refractivity contribution >= 4 is 5.91 Å². The molecule has 0 aliphatic carbocycles. The van der Waals surface area contributed by atoms with Crippen molar-refractivity contribution in [3.8, 4) is 22.9 Å². The third kappa shape index (κ3) is 4.89. The van der Waals surface area contributed by atoms with E-state index in [-0.39, 0.29) is 5.91 Å². The van der Waals surface area contributed by atoms with E-state index in [0.717, 1.165) is 16.8 Å². The molecule has 1 aromatic heterocycles. The van der Waals surface area contributed by atoms with E-state index in [1.807, 2.05) is 73.7 Å². The average Bonchev–Trinajstić information content (AvgIpc) is 2.79. The van der Waals surface area contributed by atoms with E-state index in [0.29, 0.717) is 23.7 Å². The molecule has 0 saturated carbocycles. The van der Waals surface area contributed by atoms with Crippen LogP contribution in [-0.2, 0) is 6.54 Å². The van der Waals surface area contributed by atoms with Crippen molar-refractivity contribution in [2.45, 2.75) is 13.5 Å². The first kappa shape index (κ1) is 19.3. The highest BCUT2D eigenvalue weighted by Crippen LogP contribution is 2.24. The number of nitrogens with one attached hydrogen (secondary N) is 1. The number of benzene rings is 3. The Kier molecular flexibility index (Phi) is 5.80. The van der Waals surface area contributed by atoms with E-state index in [1.54, 1.807) is 18.2 Å². The lowest BCUT2D eigenvalue weighted by Crippen LogP contribution is -2.22. The lowest BCUT2D eigenvalue weighted by molar-refractivity contribution is 0.0951. The van der Waals surface area contributed by atoms with E-state index in [9.17, 15) is 4.79 Å². The summed E-state index contributed by atoms with van der Waals surface area (Å²) >= 11 is 0. The fourth-order valence-corrected chi connectivity index (χ4v) is 2.95. The van der Waals surface area contributed by atoms with Crippen molar-refractivity contribution in [1.29, 1.82) is 0 Å². The first-order chi connectivity index (χ1) is 14.7. The van der Waals surface area contributed by atoms with E-state index >= 15 is 0 Å². The Morgan fingerprint density at radius 3 is 2.37 bits per heavy atom. The van der Waals surface area contributed by atoms with E-state index < -0.39 is 0 Å². The summed E-state index contributed by atoms with van der Waals surface area (Å²) < 4.78 is 5.77. The van der Waals surface area contributed by atoms with E-state index in [2.05, 4.69) is 15.3 Å². The van der Waals surface area contributed by atoms with Crippen LogP contribution in [0.5, 0.6) is 11.6 Å². The molecule has 1 amide bonds. The van der Waals surface area contributed by atoms with Gasteiger partial charge in [-0.05, 0) is 36.8 Å². The molecular formula is C25H21N3O2. The van der Waals surface area contributed by atoms with Crippen LogP contribution in [0.2, 0.25) is 0 Å². The molecular weight excluding hydrogens is 374 g/mol. The number of carbonyl (C=O) groups is 1. The molecule has 0 spiro atoms. The predicted molar refractivity (Wildman–Crippen MR) is 116 cm³/mol. The van der Waals surface area contributed by atoms with Crippen LogP contribution in [0.4, 0.5) is 0 Å². The molecule has 3 aromatic carbocycles. The minimum Gasteiger partial charge on any atom is -0.439 e. The molecule has 0 aliphatic heterocycles. The maximum absolute atomic E-state index is 12.4. The maximum Gasteiger partial charge on any atom is 0.251 e. The van der Waals surface area contributed by atoms with Gasteiger partial charge in [0.05, 0.1) is 5.69 Å². The predicted octanol–water partition coefficient (Wildman–Crippen LogP) is 5.17. The highest BCUT2D eigenvalue weighted by atomic mass is 16.5. The summed E-state index contributed by atoms with van der Waals surface area (Å²) in [5.41, 5.74) is 4.47. The Balaban J connectivity index is 1.42. The van der Waals surface area contributed by atoms with Gasteiger partial charge in [-0.1, -0.05) is 60.2 Å². The third-order valence-corrected chi connectivity index (χ3v) is 4.62. The molecule has 0 unspecified atom stereocenters. The zero-order valence-electron chi connectivity index (χ0n) is 16.6. The van der Waals surface area contributed by atoms with Gasteiger partial charge in [-0.2, -0.15) is 0 Å². The normalized spacial score (nSPS) is 10.4. The fraction of sp³-hybridized carbons (Fsp3) is 0.0800. The van der Waals surface area contributed by atoms with Crippen LogP contribution in [-0.4, -0.2) is 15.9 Å². The molecule has 1 N–H and O–H groups in total. The number of aromatic nitrogens is 2. The van der Waals surface area contributed by atoms with Crippen LogP contribution >= 0.6 is 0 Å². The first-order valence-corrected chi connectivity index (χ1v) is 9.66. The summed E-state index contributed by atoms with van der Waals surface area (Å²) in [6.45, 7) is 2.53. The standard InChI is InChI=1S/C25H21N3O2/c1-18-7-9-19(10-8-18)16-26-25(29)21-13-11-20(12-14-21)23-15-24(28-17-27-23)30-22-5-3-2-4-6-22/h2-15,17H,16H2,1H3,(H,26,29). The smallest absolute Gasteiger partial charge is 0.251 e. The van der Waals surface area contributed by atoms with Crippen molar-refractivity contribution in [2.24, 2.45) is 0 Å². The summed E-state index contributed by atoms with van der Waals surface area (Å²) in [5.74, 6) is 1.06. The Labute approximate surface area is 175 Å². The van der Waals surface area contributed by atoms with E-state index in [1.165, 1.54) is 11.9 Å². The Morgan fingerprint density at radius 1 is 0.900 bits per heavy atom. The molecule has 0 aliphatic rings. The quantitative estimate of drug-likeness (QED) is 0.489. The van der Waals surface area contributed by atoms with Crippen LogP contribution in [0.25, 0.3) is 11.3 Å². The Bertz CT molecular complexity index is 1130. The third-order valence-electron chi connectivity index (χ3n) is 4.62. The molecule has 4 aromatic rings. The lowest BCUT2D eigenvalue weighted by atomic mass is 10.1. The minimum atomic E-state index is -0.113. The average molecular weight is 395 g/mol. The molecule has 0 saturated heterocycles. The molecule has 0 radical (unpaired) electrons. The number of para-hydroxylation sites is 1. The highest BCUT2D eigenvalue weighted by molar-refractivity contribution is 5.94. The number of nitrogens with zero attached hydrogens (tertiary/aromatic N) is 2. The Hall–Kier alpha value is -3.99. The number of carbonyl (C=O) groups excluding carboxylic acids is 1. The summed E-state index contributed by atoms with van der Waals surface area (Å²) in [5, 5.41) is 2.95. The number of amides is 1. The van der Waals surface area contributed by atoms with Gasteiger partial charge in [0.25, 0.3) is 5.91 Å². The van der Waals surface area contributed by atoms with Crippen molar-refractivity contribution in [3.05, 3.63) is 108 Å². The van der Waals surface area contributed by atoms with Gasteiger partial charge in [-0.25, -0.2) is 9.97 Å². The van der Waals surface area contributed by atoms with Gasteiger partial charge >= 0.3 is 0 Å². The fourth-order valence-electron chi connectivity index (χ4n) is 2.95. The first-order valence-electron chi connectivity index (χ1n) is 9.66. The second-order valence-electron chi connectivity index (χ2n) is 6.90. The molecule has 0 fully saturated rings. The molecule has 30 heavy (non-hydrogen) atoms. The van der Waals surface area contributed by atoms with Crippen molar-refractivity contribution < 1.29 is 9.53 Å². The highest BCUT2D eigenvalue weighted by Gasteiger charge is 2.08. The zero-order chi connectivity index (χ0) is 20.8. The summed E-state index contributed by atoms with van der Waals surface area (Å²) in [7, 11) is 0. The Morgan fingerprint density at radius 2 is 1.63 bits per heavy atom. The number of hydrogen-bond acceptors (Lipinski definition) is 4. The lowest BCUT2D eigenvalue weighted by Gasteiger charge is -2.08. The molecule has 148 valence electrons. The molecule has 0 bridgehead atoms. The van der Waals surface area contributed by atoms with Gasteiger partial charge in [-0.15, -0.1) is 0 Å². The van der Waals surface area contributed by atoms with Crippen LogP contribution < -0.4 is 10.1 Å². The summed E-state index contributed by atoms with van der Waals surface area (Å²) in [4.78, 5) is 20.9.